The van der Waals surface area contributed by atoms with Gasteiger partial charge in [0.2, 0.25) is 5.89 Å². The van der Waals surface area contributed by atoms with Crippen LogP contribution >= 0.6 is 15.9 Å². The van der Waals surface area contributed by atoms with Crippen molar-refractivity contribution in [2.45, 2.75) is 0 Å². The minimum Gasteiger partial charge on any atom is -0.436 e. The van der Waals surface area contributed by atoms with Gasteiger partial charge < -0.3 is 8.98 Å². The molecule has 0 aliphatic heterocycles. The maximum absolute atomic E-state index is 6.12. The summed E-state index contributed by atoms with van der Waals surface area (Å²) in [6, 6.07) is 31.1. The molecule has 0 aliphatic carbocycles. The molecule has 2 heterocycles. The second kappa shape index (κ2) is 6.33. The van der Waals surface area contributed by atoms with Gasteiger partial charge in [-0.05, 0) is 48.5 Å². The van der Waals surface area contributed by atoms with Gasteiger partial charge in [-0.25, -0.2) is 4.98 Å². The molecule has 138 valence electrons. The van der Waals surface area contributed by atoms with Crippen LogP contribution in [0.5, 0.6) is 0 Å². The van der Waals surface area contributed by atoms with Crippen LogP contribution in [0.1, 0.15) is 0 Å². The normalized spacial score (nSPS) is 11.6. The molecule has 0 fully saturated rings. The SMILES string of the molecule is Brc1ccc2c3cc4oc(-c5ccccc5)nc4cc3n(-c3ccccc3)c2c1. The number of fused-ring (bicyclic) bond motifs is 4. The number of aromatic nitrogens is 2. The van der Waals surface area contributed by atoms with E-state index in [4.69, 9.17) is 9.40 Å². The summed E-state index contributed by atoms with van der Waals surface area (Å²) in [5.74, 6) is 0.645. The maximum atomic E-state index is 6.12. The van der Waals surface area contributed by atoms with E-state index >= 15 is 0 Å². The Morgan fingerprint density at radius 2 is 1.45 bits per heavy atom. The first-order valence-electron chi connectivity index (χ1n) is 9.43. The first kappa shape index (κ1) is 16.6. The van der Waals surface area contributed by atoms with Gasteiger partial charge in [-0.15, -0.1) is 0 Å². The maximum Gasteiger partial charge on any atom is 0.227 e. The highest BCUT2D eigenvalue weighted by Gasteiger charge is 2.16. The average molecular weight is 439 g/mol. The molecule has 0 saturated carbocycles. The number of halogens is 1. The lowest BCUT2D eigenvalue weighted by molar-refractivity contribution is 0.620. The smallest absolute Gasteiger partial charge is 0.227 e. The lowest BCUT2D eigenvalue weighted by Gasteiger charge is -2.07. The van der Waals surface area contributed by atoms with Crippen molar-refractivity contribution in [3.8, 4) is 17.1 Å². The molecule has 0 radical (unpaired) electrons. The van der Waals surface area contributed by atoms with Crippen molar-refractivity contribution in [3.05, 3.63) is 95.5 Å². The van der Waals surface area contributed by atoms with Crippen LogP contribution in [0.3, 0.4) is 0 Å². The summed E-state index contributed by atoms with van der Waals surface area (Å²) >= 11 is 3.62. The van der Waals surface area contributed by atoms with Gasteiger partial charge in [0.15, 0.2) is 5.58 Å². The minimum atomic E-state index is 0.645. The third-order valence-corrected chi connectivity index (χ3v) is 5.77. The van der Waals surface area contributed by atoms with Crippen LogP contribution < -0.4 is 0 Å². The molecule has 4 aromatic carbocycles. The summed E-state index contributed by atoms with van der Waals surface area (Å²) in [7, 11) is 0. The summed E-state index contributed by atoms with van der Waals surface area (Å²) in [6.07, 6.45) is 0. The van der Waals surface area contributed by atoms with Crippen LogP contribution in [0.25, 0.3) is 50.0 Å². The number of oxazole rings is 1. The van der Waals surface area contributed by atoms with Crippen molar-refractivity contribution in [2.75, 3.05) is 0 Å². The molecule has 0 bridgehead atoms. The van der Waals surface area contributed by atoms with E-state index < -0.39 is 0 Å². The number of hydrogen-bond donors (Lipinski definition) is 0. The molecular weight excluding hydrogens is 424 g/mol. The molecule has 0 spiro atoms. The Morgan fingerprint density at radius 1 is 0.724 bits per heavy atom. The first-order chi connectivity index (χ1) is 14.3. The van der Waals surface area contributed by atoms with Gasteiger partial charge in [0, 0.05) is 26.5 Å². The lowest BCUT2D eigenvalue weighted by atomic mass is 10.1. The Balaban J connectivity index is 1.70. The van der Waals surface area contributed by atoms with Crippen molar-refractivity contribution in [1.29, 1.82) is 0 Å². The summed E-state index contributed by atoms with van der Waals surface area (Å²) in [4.78, 5) is 4.77. The highest BCUT2D eigenvalue weighted by molar-refractivity contribution is 9.10. The Hall–Kier alpha value is -3.37. The van der Waals surface area contributed by atoms with Crippen molar-refractivity contribution < 1.29 is 4.42 Å². The van der Waals surface area contributed by atoms with Crippen molar-refractivity contribution in [3.63, 3.8) is 0 Å². The highest BCUT2D eigenvalue weighted by Crippen LogP contribution is 2.37. The van der Waals surface area contributed by atoms with Gasteiger partial charge >= 0.3 is 0 Å². The van der Waals surface area contributed by atoms with Gasteiger partial charge in [0.1, 0.15) is 5.52 Å². The van der Waals surface area contributed by atoms with E-state index in [0.717, 1.165) is 43.2 Å². The predicted octanol–water partition coefficient (Wildman–Crippen LogP) is 7.35. The Bertz CT molecular complexity index is 1500. The molecule has 2 aromatic heterocycles. The molecule has 0 unspecified atom stereocenters. The second-order valence-corrected chi connectivity index (χ2v) is 7.97. The Morgan fingerprint density at radius 3 is 2.24 bits per heavy atom. The van der Waals surface area contributed by atoms with Gasteiger partial charge in [-0.2, -0.15) is 0 Å². The number of benzene rings is 4. The van der Waals surface area contributed by atoms with E-state index in [1.54, 1.807) is 0 Å². The summed E-state index contributed by atoms with van der Waals surface area (Å²) in [6.45, 7) is 0. The van der Waals surface area contributed by atoms with Gasteiger partial charge in [0.05, 0.1) is 11.0 Å². The Kier molecular flexibility index (Phi) is 3.61. The van der Waals surface area contributed by atoms with E-state index in [1.807, 2.05) is 36.4 Å². The number of para-hydroxylation sites is 1. The largest absolute Gasteiger partial charge is 0.436 e. The first-order valence-corrected chi connectivity index (χ1v) is 10.2. The molecule has 4 heteroatoms. The third-order valence-electron chi connectivity index (χ3n) is 5.27. The van der Waals surface area contributed by atoms with Gasteiger partial charge in [-0.1, -0.05) is 58.4 Å². The fraction of sp³-hybridized carbons (Fsp3) is 0. The quantitative estimate of drug-likeness (QED) is 0.282. The number of nitrogens with zero attached hydrogens (tertiary/aromatic N) is 2. The van der Waals surface area contributed by atoms with Crippen LogP contribution in [0.4, 0.5) is 0 Å². The Labute approximate surface area is 175 Å². The van der Waals surface area contributed by atoms with Crippen LogP contribution in [0.2, 0.25) is 0 Å². The molecule has 6 rings (SSSR count). The monoisotopic (exact) mass is 438 g/mol. The third kappa shape index (κ3) is 2.60. The topological polar surface area (TPSA) is 31.0 Å². The molecular formula is C25H15BrN2O. The standard InChI is InChI=1S/C25H15BrN2O/c26-17-11-12-19-20-14-24-21(27-25(29-24)16-7-3-1-4-8-16)15-23(20)28(22(19)13-17)18-9-5-2-6-10-18/h1-15H. The fourth-order valence-electron chi connectivity index (χ4n) is 3.97. The van der Waals surface area contributed by atoms with Gasteiger partial charge in [-0.3, -0.25) is 0 Å². The zero-order valence-corrected chi connectivity index (χ0v) is 16.9. The fourth-order valence-corrected chi connectivity index (χ4v) is 4.32. The van der Waals surface area contributed by atoms with Crippen molar-refractivity contribution >= 4 is 48.8 Å². The molecule has 6 aromatic rings. The van der Waals surface area contributed by atoms with Crippen molar-refractivity contribution in [1.82, 2.24) is 9.55 Å². The molecule has 3 nitrogen and oxygen atoms in total. The molecule has 0 aliphatic rings. The number of rotatable bonds is 2. The van der Waals surface area contributed by atoms with E-state index in [-0.39, 0.29) is 0 Å². The molecule has 0 atom stereocenters. The van der Waals surface area contributed by atoms with Crippen LogP contribution in [-0.4, -0.2) is 9.55 Å². The minimum absolute atomic E-state index is 0.645. The van der Waals surface area contributed by atoms with Gasteiger partial charge in [0.25, 0.3) is 0 Å². The zero-order valence-electron chi connectivity index (χ0n) is 15.3. The summed E-state index contributed by atoms with van der Waals surface area (Å²) in [5, 5.41) is 2.34. The molecule has 0 amide bonds. The highest BCUT2D eigenvalue weighted by atomic mass is 79.9. The number of hydrogen-bond acceptors (Lipinski definition) is 2. The zero-order chi connectivity index (χ0) is 19.4. The van der Waals surface area contributed by atoms with E-state index in [0.29, 0.717) is 5.89 Å². The molecule has 0 N–H and O–H groups in total. The molecule has 29 heavy (non-hydrogen) atoms. The second-order valence-electron chi connectivity index (χ2n) is 7.05. The molecule has 0 saturated heterocycles. The van der Waals surface area contributed by atoms with Crippen LogP contribution in [0.15, 0.2) is 99.9 Å². The van der Waals surface area contributed by atoms with E-state index in [2.05, 4.69) is 75.1 Å². The predicted molar refractivity (Wildman–Crippen MR) is 121 cm³/mol. The van der Waals surface area contributed by atoms with Crippen LogP contribution in [-0.2, 0) is 0 Å². The van der Waals surface area contributed by atoms with E-state index in [9.17, 15) is 0 Å². The van der Waals surface area contributed by atoms with Crippen LogP contribution in [0, 0.1) is 0 Å². The lowest BCUT2D eigenvalue weighted by Crippen LogP contribution is -1.93. The van der Waals surface area contributed by atoms with E-state index in [1.165, 1.54) is 5.39 Å². The van der Waals surface area contributed by atoms with Crippen molar-refractivity contribution in [2.24, 2.45) is 0 Å². The summed E-state index contributed by atoms with van der Waals surface area (Å²) in [5.41, 5.74) is 6.02. The average Bonchev–Trinajstić information content (AvgIpc) is 3.31. The summed E-state index contributed by atoms with van der Waals surface area (Å²) < 4.78 is 9.46.